The van der Waals surface area contributed by atoms with Gasteiger partial charge in [0, 0.05) is 22.2 Å². The van der Waals surface area contributed by atoms with E-state index < -0.39 is 0 Å². The van der Waals surface area contributed by atoms with Gasteiger partial charge < -0.3 is 5.32 Å². The van der Waals surface area contributed by atoms with Crippen molar-refractivity contribution in [2.45, 2.75) is 39.1 Å². The van der Waals surface area contributed by atoms with Crippen LogP contribution in [0.4, 0.5) is 0 Å². The Balaban J connectivity index is 2.64. The quantitative estimate of drug-likeness (QED) is 0.720. The Morgan fingerprint density at radius 1 is 1.17 bits per heavy atom. The normalized spacial score (nSPS) is 11.5. The van der Waals surface area contributed by atoms with Crippen molar-refractivity contribution >= 4 is 23.4 Å². The molecule has 18 heavy (non-hydrogen) atoms. The molecule has 102 valence electrons. The summed E-state index contributed by atoms with van der Waals surface area (Å²) in [5.41, 5.74) is 1.35. The van der Waals surface area contributed by atoms with Gasteiger partial charge in [-0.25, -0.2) is 0 Å². The predicted octanol–water partition coefficient (Wildman–Crippen LogP) is 4.83. The molecular weight excluding hydrogens is 262 g/mol. The van der Waals surface area contributed by atoms with Crippen LogP contribution in [0.3, 0.4) is 0 Å². The summed E-state index contributed by atoms with van der Waals surface area (Å²) in [4.78, 5) is 1.31. The minimum absolute atomic E-state index is 0.684. The highest BCUT2D eigenvalue weighted by Gasteiger charge is 2.06. The molecule has 0 aliphatic heterocycles. The maximum atomic E-state index is 6.08. The highest BCUT2D eigenvalue weighted by molar-refractivity contribution is 7.99. The van der Waals surface area contributed by atoms with Gasteiger partial charge in [0.25, 0.3) is 0 Å². The number of hydrogen-bond donors (Lipinski definition) is 1. The fraction of sp³-hybridized carbons (Fsp3) is 0.600. The van der Waals surface area contributed by atoms with Gasteiger partial charge in [-0.1, -0.05) is 45.4 Å². The second-order valence-electron chi connectivity index (χ2n) is 5.48. The van der Waals surface area contributed by atoms with E-state index >= 15 is 0 Å². The van der Waals surface area contributed by atoms with E-state index in [2.05, 4.69) is 45.1 Å². The van der Waals surface area contributed by atoms with E-state index in [0.29, 0.717) is 11.8 Å². The van der Waals surface area contributed by atoms with Gasteiger partial charge in [-0.15, -0.1) is 11.8 Å². The van der Waals surface area contributed by atoms with Crippen LogP contribution in [0.1, 0.15) is 33.3 Å². The van der Waals surface area contributed by atoms with Crippen LogP contribution in [0.25, 0.3) is 0 Å². The zero-order valence-corrected chi connectivity index (χ0v) is 13.4. The third kappa shape index (κ3) is 6.12. The number of thioether (sulfide) groups is 1. The molecule has 1 nitrogen and oxygen atoms in total. The standard InChI is InChI=1S/C15H24ClNS/c1-11(2)8-17-9-13-5-6-14(16)7-15(13)18-10-12(3)4/h5-7,11-12,17H,8-10H2,1-4H3. The van der Waals surface area contributed by atoms with Crippen LogP contribution >= 0.6 is 23.4 Å². The molecule has 1 aromatic rings. The molecule has 0 aromatic heterocycles. The average Bonchev–Trinajstić information content (AvgIpc) is 2.28. The van der Waals surface area contributed by atoms with Crippen LogP contribution in [-0.2, 0) is 6.54 Å². The van der Waals surface area contributed by atoms with E-state index in [-0.39, 0.29) is 0 Å². The molecule has 0 radical (unpaired) electrons. The molecule has 0 fully saturated rings. The maximum Gasteiger partial charge on any atom is 0.0417 e. The highest BCUT2D eigenvalue weighted by Crippen LogP contribution is 2.27. The highest BCUT2D eigenvalue weighted by atomic mass is 35.5. The molecule has 1 rings (SSSR count). The van der Waals surface area contributed by atoms with Crippen LogP contribution in [0, 0.1) is 11.8 Å². The van der Waals surface area contributed by atoms with Crippen molar-refractivity contribution in [3.8, 4) is 0 Å². The molecule has 0 saturated heterocycles. The zero-order chi connectivity index (χ0) is 13.5. The molecule has 0 spiro atoms. The van der Waals surface area contributed by atoms with Gasteiger partial charge >= 0.3 is 0 Å². The van der Waals surface area contributed by atoms with Gasteiger partial charge in [0.05, 0.1) is 0 Å². The van der Waals surface area contributed by atoms with Crippen molar-refractivity contribution in [1.29, 1.82) is 0 Å². The van der Waals surface area contributed by atoms with Crippen molar-refractivity contribution in [2.24, 2.45) is 11.8 Å². The second-order valence-corrected chi connectivity index (χ2v) is 6.98. The Kier molecular flexibility index (Phi) is 7.13. The third-order valence-electron chi connectivity index (χ3n) is 2.47. The van der Waals surface area contributed by atoms with E-state index in [1.807, 2.05) is 17.8 Å². The number of hydrogen-bond acceptors (Lipinski definition) is 2. The molecule has 0 aliphatic carbocycles. The van der Waals surface area contributed by atoms with Crippen LogP contribution in [0.5, 0.6) is 0 Å². The van der Waals surface area contributed by atoms with E-state index in [9.17, 15) is 0 Å². The fourth-order valence-electron chi connectivity index (χ4n) is 1.56. The summed E-state index contributed by atoms with van der Waals surface area (Å²) in [6.07, 6.45) is 0. The first kappa shape index (κ1) is 15.9. The number of rotatable bonds is 7. The lowest BCUT2D eigenvalue weighted by Gasteiger charge is -2.13. The predicted molar refractivity (Wildman–Crippen MR) is 83.6 cm³/mol. The van der Waals surface area contributed by atoms with Crippen LogP contribution in [-0.4, -0.2) is 12.3 Å². The number of halogens is 1. The molecule has 0 bridgehead atoms. The molecule has 0 unspecified atom stereocenters. The summed E-state index contributed by atoms with van der Waals surface area (Å²) in [5.74, 6) is 2.52. The summed E-state index contributed by atoms with van der Waals surface area (Å²) in [5, 5.41) is 4.32. The first-order valence-electron chi connectivity index (χ1n) is 6.61. The average molecular weight is 286 g/mol. The first-order chi connectivity index (χ1) is 8.49. The maximum absolute atomic E-state index is 6.08. The van der Waals surface area contributed by atoms with Crippen LogP contribution in [0.15, 0.2) is 23.1 Å². The molecule has 0 saturated carbocycles. The van der Waals surface area contributed by atoms with Crippen molar-refractivity contribution in [1.82, 2.24) is 5.32 Å². The Labute approximate surface area is 121 Å². The summed E-state index contributed by atoms with van der Waals surface area (Å²) < 4.78 is 0. The molecule has 3 heteroatoms. The van der Waals surface area contributed by atoms with Gasteiger partial charge in [0.15, 0.2) is 0 Å². The molecule has 0 atom stereocenters. The summed E-state index contributed by atoms with van der Waals surface area (Å²) in [6, 6.07) is 6.20. The first-order valence-corrected chi connectivity index (χ1v) is 7.97. The van der Waals surface area contributed by atoms with Crippen LogP contribution < -0.4 is 5.32 Å². The number of nitrogens with one attached hydrogen (secondary N) is 1. The molecule has 0 aliphatic rings. The summed E-state index contributed by atoms with van der Waals surface area (Å²) in [6.45, 7) is 10.9. The lowest BCUT2D eigenvalue weighted by atomic mass is 10.2. The van der Waals surface area contributed by atoms with E-state index in [1.165, 1.54) is 10.5 Å². The SMILES string of the molecule is CC(C)CNCc1ccc(Cl)cc1SCC(C)C. The van der Waals surface area contributed by atoms with Gasteiger partial charge in [0.1, 0.15) is 0 Å². The molecule has 1 N–H and O–H groups in total. The van der Waals surface area contributed by atoms with E-state index in [0.717, 1.165) is 23.9 Å². The molecular formula is C15H24ClNS. The van der Waals surface area contributed by atoms with Crippen LogP contribution in [0.2, 0.25) is 5.02 Å². The lowest BCUT2D eigenvalue weighted by Crippen LogP contribution is -2.19. The van der Waals surface area contributed by atoms with Crippen molar-refractivity contribution in [2.75, 3.05) is 12.3 Å². The van der Waals surface area contributed by atoms with Crippen molar-refractivity contribution in [3.05, 3.63) is 28.8 Å². The molecule has 1 aromatic carbocycles. The summed E-state index contributed by atoms with van der Waals surface area (Å²) >= 11 is 7.99. The Hall–Kier alpha value is -0.180. The van der Waals surface area contributed by atoms with Crippen molar-refractivity contribution < 1.29 is 0 Å². The monoisotopic (exact) mass is 285 g/mol. The lowest BCUT2D eigenvalue weighted by molar-refractivity contribution is 0.550. The van der Waals surface area contributed by atoms with Gasteiger partial charge in [-0.2, -0.15) is 0 Å². The topological polar surface area (TPSA) is 12.0 Å². The fourth-order valence-corrected chi connectivity index (χ4v) is 2.85. The van der Waals surface area contributed by atoms with E-state index in [4.69, 9.17) is 11.6 Å². The zero-order valence-electron chi connectivity index (χ0n) is 11.8. The van der Waals surface area contributed by atoms with Crippen molar-refractivity contribution in [3.63, 3.8) is 0 Å². The largest absolute Gasteiger partial charge is 0.312 e. The Bertz CT molecular complexity index is 364. The molecule has 0 amide bonds. The minimum Gasteiger partial charge on any atom is -0.312 e. The van der Waals surface area contributed by atoms with Gasteiger partial charge in [0.2, 0.25) is 0 Å². The van der Waals surface area contributed by atoms with Gasteiger partial charge in [-0.3, -0.25) is 0 Å². The Morgan fingerprint density at radius 3 is 2.50 bits per heavy atom. The number of benzene rings is 1. The second kappa shape index (κ2) is 8.08. The summed E-state index contributed by atoms with van der Waals surface area (Å²) in [7, 11) is 0. The smallest absolute Gasteiger partial charge is 0.0417 e. The molecule has 0 heterocycles. The van der Waals surface area contributed by atoms with E-state index in [1.54, 1.807) is 0 Å². The Morgan fingerprint density at radius 2 is 1.89 bits per heavy atom. The third-order valence-corrected chi connectivity index (χ3v) is 4.23. The van der Waals surface area contributed by atoms with Gasteiger partial charge in [-0.05, 0) is 36.1 Å². The minimum atomic E-state index is 0.684.